The maximum atomic E-state index is 10.0. The van der Waals surface area contributed by atoms with Gasteiger partial charge in [-0.1, -0.05) is 12.1 Å². The van der Waals surface area contributed by atoms with Crippen LogP contribution in [0.15, 0.2) is 24.3 Å². The van der Waals surface area contributed by atoms with Crippen LogP contribution < -0.4 is 5.73 Å². The number of carbonyl (C=O) groups excluding carboxylic acids is 1. The molecule has 0 aliphatic carbocycles. The number of allylic oxidation sites excluding steroid dienone is 1. The first-order valence-electron chi connectivity index (χ1n) is 4.74. The highest BCUT2D eigenvalue weighted by atomic mass is 16.2. The van der Waals surface area contributed by atoms with Crippen molar-refractivity contribution in [2.75, 3.05) is 12.3 Å². The van der Waals surface area contributed by atoms with Crippen LogP contribution in [0.2, 0.25) is 0 Å². The van der Waals surface area contributed by atoms with Gasteiger partial charge in [-0.25, -0.2) is 0 Å². The summed E-state index contributed by atoms with van der Waals surface area (Å²) in [5.74, 6) is 0. The summed E-state index contributed by atoms with van der Waals surface area (Å²) in [6.07, 6.45) is 4.00. The molecule has 0 saturated carbocycles. The van der Waals surface area contributed by atoms with Crippen molar-refractivity contribution in [3.8, 4) is 0 Å². The second kappa shape index (κ2) is 7.76. The summed E-state index contributed by atoms with van der Waals surface area (Å²) in [7, 11) is 0. The van der Waals surface area contributed by atoms with Crippen LogP contribution in [0.5, 0.6) is 0 Å². The van der Waals surface area contributed by atoms with Gasteiger partial charge in [-0.05, 0) is 43.2 Å². The van der Waals surface area contributed by atoms with Gasteiger partial charge in [0.25, 0.3) is 0 Å². The highest BCUT2D eigenvalue weighted by molar-refractivity contribution is 5.74. The van der Waals surface area contributed by atoms with Gasteiger partial charge < -0.3 is 10.8 Å². The fraction of sp³-hybridized carbons (Fsp3) is 0.250. The van der Waals surface area contributed by atoms with Crippen molar-refractivity contribution in [3.63, 3.8) is 0 Å². The maximum Gasteiger partial charge on any atom is 0.142 e. The minimum atomic E-state index is 0.250. The molecule has 1 rings (SSSR count). The molecule has 0 fully saturated rings. The lowest BCUT2D eigenvalue weighted by atomic mass is 10.1. The third kappa shape index (κ3) is 5.65. The molecule has 0 atom stereocenters. The highest BCUT2D eigenvalue weighted by Gasteiger charge is 1.92. The molecule has 3 nitrogen and oxygen atoms in total. The average Bonchev–Trinajstić information content (AvgIpc) is 2.18. The number of aldehydes is 1. The average molecular weight is 207 g/mol. The van der Waals surface area contributed by atoms with Gasteiger partial charge in [-0.15, -0.1) is 0 Å². The lowest BCUT2D eigenvalue weighted by molar-refractivity contribution is -0.104. The van der Waals surface area contributed by atoms with Crippen molar-refractivity contribution in [1.82, 2.24) is 0 Å². The van der Waals surface area contributed by atoms with Crippen LogP contribution in [0.25, 0.3) is 6.08 Å². The minimum Gasteiger partial charge on any atom is -0.399 e. The largest absolute Gasteiger partial charge is 0.399 e. The van der Waals surface area contributed by atoms with Crippen molar-refractivity contribution in [3.05, 3.63) is 35.4 Å². The lowest BCUT2D eigenvalue weighted by Gasteiger charge is -2.00. The summed E-state index contributed by atoms with van der Waals surface area (Å²) < 4.78 is 0. The third-order valence-electron chi connectivity index (χ3n) is 1.65. The first-order chi connectivity index (χ1) is 7.15. The predicted octanol–water partition coefficient (Wildman–Crippen LogP) is 1.79. The van der Waals surface area contributed by atoms with Crippen molar-refractivity contribution in [2.45, 2.75) is 13.8 Å². The normalized spacial score (nSPS) is 9.53. The number of anilines is 1. The lowest BCUT2D eigenvalue weighted by Crippen LogP contribution is -1.87. The van der Waals surface area contributed by atoms with Gasteiger partial charge >= 0.3 is 0 Å². The van der Waals surface area contributed by atoms with Gasteiger partial charge in [0, 0.05) is 12.3 Å². The predicted molar refractivity (Wildman–Crippen MR) is 63.4 cm³/mol. The molecule has 0 amide bonds. The Morgan fingerprint density at radius 1 is 1.47 bits per heavy atom. The summed E-state index contributed by atoms with van der Waals surface area (Å²) in [4.78, 5) is 10.0. The molecule has 0 heterocycles. The van der Waals surface area contributed by atoms with E-state index in [1.807, 2.05) is 25.1 Å². The zero-order chi connectivity index (χ0) is 11.7. The Kier molecular flexibility index (Phi) is 6.93. The van der Waals surface area contributed by atoms with Crippen molar-refractivity contribution >= 4 is 18.0 Å². The molecule has 82 valence electrons. The maximum absolute atomic E-state index is 10.0. The van der Waals surface area contributed by atoms with Crippen LogP contribution in [0.3, 0.4) is 0 Å². The molecule has 0 saturated heterocycles. The molecule has 15 heavy (non-hydrogen) atoms. The second-order valence-corrected chi connectivity index (χ2v) is 2.93. The van der Waals surface area contributed by atoms with E-state index in [1.54, 1.807) is 13.0 Å². The van der Waals surface area contributed by atoms with E-state index < -0.39 is 0 Å². The summed E-state index contributed by atoms with van der Waals surface area (Å²) in [6.45, 7) is 3.89. The van der Waals surface area contributed by atoms with E-state index in [4.69, 9.17) is 10.8 Å². The molecule has 3 N–H and O–H groups in total. The smallest absolute Gasteiger partial charge is 0.142 e. The van der Waals surface area contributed by atoms with E-state index in [0.29, 0.717) is 0 Å². The Hall–Kier alpha value is -1.61. The van der Waals surface area contributed by atoms with Crippen LogP contribution in [0.1, 0.15) is 18.1 Å². The molecule has 0 bridgehead atoms. The number of hydrogen-bond donors (Lipinski definition) is 2. The Bertz CT molecular complexity index is 332. The summed E-state index contributed by atoms with van der Waals surface area (Å²) in [6, 6.07) is 5.59. The number of aryl methyl sites for hydroxylation is 1. The summed E-state index contributed by atoms with van der Waals surface area (Å²) >= 11 is 0. The van der Waals surface area contributed by atoms with Gasteiger partial charge in [0.05, 0.1) is 0 Å². The molecule has 0 unspecified atom stereocenters. The van der Waals surface area contributed by atoms with Crippen molar-refractivity contribution < 1.29 is 9.90 Å². The molecule has 0 aromatic heterocycles. The standard InChI is InChI=1S/C10H11NO.C2H6O/c1-8-7-10(11)5-4-9(8)3-2-6-12;1-2-3/h2-7H,11H2,1H3;3H,2H2,1H3. The zero-order valence-corrected chi connectivity index (χ0v) is 9.10. The Morgan fingerprint density at radius 2 is 2.07 bits per heavy atom. The highest BCUT2D eigenvalue weighted by Crippen LogP contribution is 2.13. The monoisotopic (exact) mass is 207 g/mol. The number of benzene rings is 1. The van der Waals surface area contributed by atoms with Crippen LogP contribution >= 0.6 is 0 Å². The van der Waals surface area contributed by atoms with Gasteiger partial charge in [0.15, 0.2) is 0 Å². The van der Waals surface area contributed by atoms with Gasteiger partial charge in [-0.3, -0.25) is 4.79 Å². The molecule has 0 aliphatic rings. The van der Waals surface area contributed by atoms with E-state index in [-0.39, 0.29) is 6.61 Å². The fourth-order valence-corrected chi connectivity index (χ4v) is 1.03. The van der Waals surface area contributed by atoms with E-state index >= 15 is 0 Å². The number of nitrogens with two attached hydrogens (primary N) is 1. The molecular formula is C12H17NO2. The molecular weight excluding hydrogens is 190 g/mol. The van der Waals surface area contributed by atoms with E-state index in [9.17, 15) is 4.79 Å². The number of hydrogen-bond acceptors (Lipinski definition) is 3. The van der Waals surface area contributed by atoms with Crippen LogP contribution in [0.4, 0.5) is 5.69 Å². The summed E-state index contributed by atoms with van der Waals surface area (Å²) in [5, 5.41) is 7.57. The first kappa shape index (κ1) is 13.4. The number of aliphatic hydroxyl groups is 1. The number of aliphatic hydroxyl groups excluding tert-OH is 1. The van der Waals surface area contributed by atoms with Crippen molar-refractivity contribution in [1.29, 1.82) is 0 Å². The van der Waals surface area contributed by atoms with E-state index in [0.717, 1.165) is 23.1 Å². The number of nitrogen functional groups attached to an aromatic ring is 1. The summed E-state index contributed by atoms with van der Waals surface area (Å²) in [5.41, 5.74) is 8.41. The Morgan fingerprint density at radius 3 is 2.53 bits per heavy atom. The zero-order valence-electron chi connectivity index (χ0n) is 9.10. The van der Waals surface area contributed by atoms with E-state index in [1.165, 1.54) is 6.08 Å². The fourth-order valence-electron chi connectivity index (χ4n) is 1.03. The van der Waals surface area contributed by atoms with Crippen LogP contribution in [-0.4, -0.2) is 18.0 Å². The van der Waals surface area contributed by atoms with Gasteiger partial charge in [-0.2, -0.15) is 0 Å². The third-order valence-corrected chi connectivity index (χ3v) is 1.65. The van der Waals surface area contributed by atoms with Crippen LogP contribution in [0, 0.1) is 6.92 Å². The number of carbonyl (C=O) groups is 1. The SMILES string of the molecule is CCO.Cc1cc(N)ccc1C=CC=O. The van der Waals surface area contributed by atoms with Crippen molar-refractivity contribution in [2.24, 2.45) is 0 Å². The molecule has 0 aliphatic heterocycles. The molecule has 0 spiro atoms. The molecule has 0 radical (unpaired) electrons. The molecule has 1 aromatic carbocycles. The quantitative estimate of drug-likeness (QED) is 0.441. The Balaban J connectivity index is 0.000000583. The van der Waals surface area contributed by atoms with E-state index in [2.05, 4.69) is 0 Å². The van der Waals surface area contributed by atoms with Crippen LogP contribution in [-0.2, 0) is 4.79 Å². The minimum absolute atomic E-state index is 0.250. The van der Waals surface area contributed by atoms with Gasteiger partial charge in [0.1, 0.15) is 6.29 Å². The van der Waals surface area contributed by atoms with Gasteiger partial charge in [0.2, 0.25) is 0 Å². The topological polar surface area (TPSA) is 63.3 Å². The Labute approximate surface area is 90.2 Å². The molecule has 3 heteroatoms. The molecule has 1 aromatic rings. The number of rotatable bonds is 2. The second-order valence-electron chi connectivity index (χ2n) is 2.93. The first-order valence-corrected chi connectivity index (χ1v) is 4.74.